The van der Waals surface area contributed by atoms with Gasteiger partial charge in [0.2, 0.25) is 0 Å². The molecular weight excluding hydrogens is 218 g/mol. The molecule has 3 rings (SSSR count). The summed E-state index contributed by atoms with van der Waals surface area (Å²) < 4.78 is 17.1. The molecule has 2 heterocycles. The molecule has 1 saturated carbocycles. The Morgan fingerprint density at radius 1 is 1.06 bits per heavy atom. The van der Waals surface area contributed by atoms with Crippen LogP contribution in [0.3, 0.4) is 0 Å². The van der Waals surface area contributed by atoms with Crippen LogP contribution in [0.25, 0.3) is 0 Å². The summed E-state index contributed by atoms with van der Waals surface area (Å²) in [6.07, 6.45) is 4.51. The van der Waals surface area contributed by atoms with Gasteiger partial charge in [-0.25, -0.2) is 0 Å². The smallest absolute Gasteiger partial charge is 0.168 e. The molecule has 4 heteroatoms. The highest BCUT2D eigenvalue weighted by Crippen LogP contribution is 2.37. The van der Waals surface area contributed by atoms with Crippen LogP contribution in [0.2, 0.25) is 0 Å². The molecule has 3 aliphatic rings. The number of hydrogen-bond acceptors (Lipinski definition) is 4. The quantitative estimate of drug-likeness (QED) is 0.694. The molecule has 2 aliphatic heterocycles. The number of rotatable bonds is 1. The predicted molar refractivity (Wildman–Crippen MR) is 63.9 cm³/mol. The van der Waals surface area contributed by atoms with Gasteiger partial charge in [-0.05, 0) is 19.8 Å². The average molecular weight is 241 g/mol. The zero-order chi connectivity index (χ0) is 11.7. The maximum atomic E-state index is 5.78. The lowest BCUT2D eigenvalue weighted by Gasteiger charge is -2.44. The summed E-state index contributed by atoms with van der Waals surface area (Å²) in [7, 11) is 0. The lowest BCUT2D eigenvalue weighted by Crippen LogP contribution is -2.52. The fourth-order valence-corrected chi connectivity index (χ4v) is 3.44. The van der Waals surface area contributed by atoms with Gasteiger partial charge in [0.25, 0.3) is 0 Å². The van der Waals surface area contributed by atoms with Crippen molar-refractivity contribution in [3.63, 3.8) is 0 Å². The Labute approximate surface area is 103 Å². The molecule has 0 bridgehead atoms. The van der Waals surface area contributed by atoms with Gasteiger partial charge >= 0.3 is 0 Å². The van der Waals surface area contributed by atoms with E-state index in [0.29, 0.717) is 12.1 Å². The molecule has 2 saturated heterocycles. The minimum Gasteiger partial charge on any atom is -0.379 e. The van der Waals surface area contributed by atoms with Gasteiger partial charge in [-0.3, -0.25) is 4.90 Å². The van der Waals surface area contributed by atoms with Crippen molar-refractivity contribution >= 4 is 0 Å². The van der Waals surface area contributed by atoms with E-state index in [0.717, 1.165) is 45.8 Å². The lowest BCUT2D eigenvalue weighted by atomic mass is 9.88. The fourth-order valence-electron chi connectivity index (χ4n) is 3.44. The maximum absolute atomic E-state index is 5.78. The van der Waals surface area contributed by atoms with E-state index in [1.807, 2.05) is 0 Å². The molecule has 98 valence electrons. The Kier molecular flexibility index (Phi) is 3.39. The van der Waals surface area contributed by atoms with E-state index in [4.69, 9.17) is 14.2 Å². The van der Waals surface area contributed by atoms with Gasteiger partial charge in [0, 0.05) is 31.5 Å². The van der Waals surface area contributed by atoms with E-state index < -0.39 is 0 Å². The fraction of sp³-hybridized carbons (Fsp3) is 1.00. The standard InChI is InChI=1S/C13H23NO3/c1-11-10-15-7-6-14(11)12-2-4-13(5-3-12)16-8-9-17-13/h11-12H,2-10H2,1H3/t11-/m1/s1. The Hall–Kier alpha value is -0.160. The molecule has 1 aliphatic carbocycles. The molecule has 0 amide bonds. The van der Waals surface area contributed by atoms with Crippen molar-refractivity contribution in [2.75, 3.05) is 33.0 Å². The van der Waals surface area contributed by atoms with Crippen molar-refractivity contribution < 1.29 is 14.2 Å². The minimum absolute atomic E-state index is 0.216. The summed E-state index contributed by atoms with van der Waals surface area (Å²) in [5.41, 5.74) is 0. The number of nitrogens with zero attached hydrogens (tertiary/aromatic N) is 1. The largest absolute Gasteiger partial charge is 0.379 e. The highest BCUT2D eigenvalue weighted by molar-refractivity contribution is 4.89. The van der Waals surface area contributed by atoms with E-state index >= 15 is 0 Å². The normalized spacial score (nSPS) is 35.5. The van der Waals surface area contributed by atoms with Crippen LogP contribution in [0.5, 0.6) is 0 Å². The Bertz CT molecular complexity index is 255. The van der Waals surface area contributed by atoms with Gasteiger partial charge in [-0.15, -0.1) is 0 Å². The number of morpholine rings is 1. The molecule has 0 aromatic rings. The van der Waals surface area contributed by atoms with Crippen LogP contribution >= 0.6 is 0 Å². The second-order valence-electron chi connectivity index (χ2n) is 5.50. The monoisotopic (exact) mass is 241 g/mol. The van der Waals surface area contributed by atoms with E-state index in [1.165, 1.54) is 12.8 Å². The zero-order valence-corrected chi connectivity index (χ0v) is 10.7. The zero-order valence-electron chi connectivity index (χ0n) is 10.7. The molecule has 0 aromatic heterocycles. The average Bonchev–Trinajstić information content (AvgIpc) is 2.80. The van der Waals surface area contributed by atoms with Crippen molar-refractivity contribution in [1.29, 1.82) is 0 Å². The van der Waals surface area contributed by atoms with E-state index in [1.54, 1.807) is 0 Å². The highest BCUT2D eigenvalue weighted by atomic mass is 16.7. The summed E-state index contributed by atoms with van der Waals surface area (Å²) in [6, 6.07) is 1.26. The van der Waals surface area contributed by atoms with Crippen LogP contribution in [-0.4, -0.2) is 55.7 Å². The molecule has 4 nitrogen and oxygen atoms in total. The van der Waals surface area contributed by atoms with Crippen LogP contribution in [0.1, 0.15) is 32.6 Å². The van der Waals surface area contributed by atoms with Crippen molar-refractivity contribution in [2.24, 2.45) is 0 Å². The number of hydrogen-bond donors (Lipinski definition) is 0. The maximum Gasteiger partial charge on any atom is 0.168 e. The highest BCUT2D eigenvalue weighted by Gasteiger charge is 2.42. The minimum atomic E-state index is -0.216. The van der Waals surface area contributed by atoms with Crippen molar-refractivity contribution in [2.45, 2.75) is 50.5 Å². The summed E-state index contributed by atoms with van der Waals surface area (Å²) in [5.74, 6) is -0.216. The van der Waals surface area contributed by atoms with Crippen molar-refractivity contribution in [3.05, 3.63) is 0 Å². The first-order chi connectivity index (χ1) is 8.29. The van der Waals surface area contributed by atoms with E-state index in [9.17, 15) is 0 Å². The van der Waals surface area contributed by atoms with Crippen LogP contribution in [0.4, 0.5) is 0 Å². The van der Waals surface area contributed by atoms with Gasteiger partial charge in [0.05, 0.1) is 26.4 Å². The second kappa shape index (κ2) is 4.84. The first kappa shape index (κ1) is 11.9. The molecule has 0 unspecified atom stereocenters. The Morgan fingerprint density at radius 2 is 1.76 bits per heavy atom. The molecule has 0 radical (unpaired) electrons. The van der Waals surface area contributed by atoms with Crippen molar-refractivity contribution in [1.82, 2.24) is 4.90 Å². The van der Waals surface area contributed by atoms with Crippen LogP contribution in [0, 0.1) is 0 Å². The molecule has 17 heavy (non-hydrogen) atoms. The summed E-state index contributed by atoms with van der Waals surface area (Å²) >= 11 is 0. The molecule has 3 fully saturated rings. The summed E-state index contributed by atoms with van der Waals surface area (Å²) in [4.78, 5) is 2.62. The van der Waals surface area contributed by atoms with E-state index in [2.05, 4.69) is 11.8 Å². The van der Waals surface area contributed by atoms with Crippen LogP contribution in [0.15, 0.2) is 0 Å². The van der Waals surface area contributed by atoms with Gasteiger partial charge in [-0.2, -0.15) is 0 Å². The first-order valence-corrected chi connectivity index (χ1v) is 6.90. The summed E-state index contributed by atoms with van der Waals surface area (Å²) in [5, 5.41) is 0. The Balaban J connectivity index is 1.57. The summed E-state index contributed by atoms with van der Waals surface area (Å²) in [6.45, 7) is 6.68. The molecule has 0 aromatic carbocycles. The first-order valence-electron chi connectivity index (χ1n) is 6.90. The van der Waals surface area contributed by atoms with Crippen LogP contribution < -0.4 is 0 Å². The SMILES string of the molecule is C[C@@H]1COCCN1C1CCC2(CC1)OCCO2. The predicted octanol–water partition coefficient (Wildman–Crippen LogP) is 1.39. The molecule has 1 spiro atoms. The second-order valence-corrected chi connectivity index (χ2v) is 5.50. The van der Waals surface area contributed by atoms with Crippen molar-refractivity contribution in [3.8, 4) is 0 Å². The van der Waals surface area contributed by atoms with Crippen LogP contribution in [-0.2, 0) is 14.2 Å². The van der Waals surface area contributed by atoms with Gasteiger partial charge in [0.1, 0.15) is 0 Å². The van der Waals surface area contributed by atoms with Gasteiger partial charge in [-0.1, -0.05) is 0 Å². The number of ether oxygens (including phenoxy) is 3. The third kappa shape index (κ3) is 2.36. The van der Waals surface area contributed by atoms with Gasteiger partial charge in [0.15, 0.2) is 5.79 Å². The molecular formula is C13H23NO3. The third-order valence-electron chi connectivity index (χ3n) is 4.42. The topological polar surface area (TPSA) is 30.9 Å². The lowest BCUT2D eigenvalue weighted by molar-refractivity contribution is -0.187. The molecule has 0 N–H and O–H groups in total. The Morgan fingerprint density at radius 3 is 2.41 bits per heavy atom. The molecule has 1 atom stereocenters. The van der Waals surface area contributed by atoms with E-state index in [-0.39, 0.29) is 5.79 Å². The third-order valence-corrected chi connectivity index (χ3v) is 4.42. The van der Waals surface area contributed by atoms with Gasteiger partial charge < -0.3 is 14.2 Å².